The number of carbonyl (C=O) groups excluding carboxylic acids is 1. The maximum atomic E-state index is 12.4. The van der Waals surface area contributed by atoms with Crippen molar-refractivity contribution in [2.75, 3.05) is 5.06 Å². The highest BCUT2D eigenvalue weighted by Gasteiger charge is 2.28. The van der Waals surface area contributed by atoms with Gasteiger partial charge in [0.05, 0.1) is 5.69 Å². The molecule has 5 nitrogen and oxygen atoms in total. The average molecular weight is 386 g/mol. The number of alkyl carbamates (subject to hydrolysis) is 1. The number of hydroxylamine groups is 1. The first-order valence-corrected chi connectivity index (χ1v) is 9.51. The van der Waals surface area contributed by atoms with E-state index in [1.54, 1.807) is 5.06 Å². The van der Waals surface area contributed by atoms with Crippen LogP contribution in [-0.2, 0) is 16.2 Å². The van der Waals surface area contributed by atoms with E-state index in [9.17, 15) is 4.79 Å². The lowest BCUT2D eigenvalue weighted by Gasteiger charge is -2.36. The van der Waals surface area contributed by atoms with Gasteiger partial charge in [0.15, 0.2) is 0 Å². The van der Waals surface area contributed by atoms with E-state index >= 15 is 0 Å². The Labute approximate surface area is 170 Å². The maximum absolute atomic E-state index is 12.4. The van der Waals surface area contributed by atoms with Gasteiger partial charge in [-0.2, -0.15) is 0 Å². The van der Waals surface area contributed by atoms with Crippen molar-refractivity contribution < 1.29 is 14.4 Å². The van der Waals surface area contributed by atoms with Gasteiger partial charge in [0.1, 0.15) is 18.9 Å². The van der Waals surface area contributed by atoms with Crippen LogP contribution in [0.1, 0.15) is 17.2 Å². The molecule has 1 aliphatic heterocycles. The van der Waals surface area contributed by atoms with Gasteiger partial charge < -0.3 is 4.74 Å². The third-order valence-corrected chi connectivity index (χ3v) is 4.57. The molecule has 1 amide bonds. The molecule has 5 heteroatoms. The van der Waals surface area contributed by atoms with Crippen LogP contribution in [0, 0.1) is 0 Å². The van der Waals surface area contributed by atoms with Crippen molar-refractivity contribution >= 4 is 11.8 Å². The number of carbonyl (C=O) groups is 1. The van der Waals surface area contributed by atoms with Crippen molar-refractivity contribution in [3.05, 3.63) is 114 Å². The minimum Gasteiger partial charge on any atom is -0.445 e. The first kappa shape index (κ1) is 18.8. The van der Waals surface area contributed by atoms with Crippen molar-refractivity contribution in [3.63, 3.8) is 0 Å². The van der Waals surface area contributed by atoms with E-state index in [2.05, 4.69) is 5.32 Å². The number of nitrogens with zero attached hydrogens (tertiary/aromatic N) is 1. The lowest BCUT2D eigenvalue weighted by atomic mass is 10.1. The molecule has 4 rings (SSSR count). The van der Waals surface area contributed by atoms with Crippen LogP contribution in [0.15, 0.2) is 103 Å². The summed E-state index contributed by atoms with van der Waals surface area (Å²) < 4.78 is 5.36. The summed E-state index contributed by atoms with van der Waals surface area (Å²) in [6.45, 7) is 0.210. The zero-order chi connectivity index (χ0) is 19.9. The first-order chi connectivity index (χ1) is 14.3. The van der Waals surface area contributed by atoms with E-state index in [1.165, 1.54) is 0 Å². The number of hydrogen-bond donors (Lipinski definition) is 1. The van der Waals surface area contributed by atoms with Crippen molar-refractivity contribution in [3.8, 4) is 0 Å². The van der Waals surface area contributed by atoms with Gasteiger partial charge in [-0.3, -0.25) is 10.2 Å². The summed E-state index contributed by atoms with van der Waals surface area (Å²) in [6, 6.07) is 29.2. The summed E-state index contributed by atoms with van der Waals surface area (Å²) in [7, 11) is 0. The number of benzene rings is 3. The van der Waals surface area contributed by atoms with Gasteiger partial charge in [0, 0.05) is 0 Å². The Morgan fingerprint density at radius 3 is 2.17 bits per heavy atom. The second-order valence-corrected chi connectivity index (χ2v) is 6.63. The Kier molecular flexibility index (Phi) is 5.88. The highest BCUT2D eigenvalue weighted by molar-refractivity contribution is 5.68. The van der Waals surface area contributed by atoms with Crippen LogP contribution < -0.4 is 10.4 Å². The van der Waals surface area contributed by atoms with Gasteiger partial charge in [-0.25, -0.2) is 9.86 Å². The summed E-state index contributed by atoms with van der Waals surface area (Å²) in [6.07, 6.45) is 2.62. The largest absolute Gasteiger partial charge is 0.445 e. The summed E-state index contributed by atoms with van der Waals surface area (Å²) >= 11 is 0. The number of rotatable bonds is 5. The van der Waals surface area contributed by atoms with E-state index in [4.69, 9.17) is 9.57 Å². The van der Waals surface area contributed by atoms with Crippen molar-refractivity contribution in [1.29, 1.82) is 0 Å². The van der Waals surface area contributed by atoms with Crippen molar-refractivity contribution in [1.82, 2.24) is 5.32 Å². The summed E-state index contributed by atoms with van der Waals surface area (Å²) in [5.41, 5.74) is 2.81. The van der Waals surface area contributed by atoms with Gasteiger partial charge in [0.2, 0.25) is 0 Å². The lowest BCUT2D eigenvalue weighted by Crippen LogP contribution is -2.49. The fraction of sp³-hybridized carbons (Fsp3) is 0.125. The topological polar surface area (TPSA) is 50.8 Å². The molecule has 0 bridgehead atoms. The van der Waals surface area contributed by atoms with E-state index in [0.717, 1.165) is 16.8 Å². The predicted octanol–water partition coefficient (Wildman–Crippen LogP) is 4.99. The number of para-hydroxylation sites is 1. The monoisotopic (exact) mass is 386 g/mol. The smallest absolute Gasteiger partial charge is 0.409 e. The van der Waals surface area contributed by atoms with Gasteiger partial charge in [-0.05, 0) is 35.4 Å². The second-order valence-electron chi connectivity index (χ2n) is 6.63. The zero-order valence-corrected chi connectivity index (χ0v) is 15.8. The molecular formula is C24H22N2O3. The van der Waals surface area contributed by atoms with Crippen molar-refractivity contribution in [2.45, 2.75) is 18.9 Å². The standard InChI is InChI=1S/C24H22N2O3/c27-24(28-18-19-10-4-1-5-11-19)25-23-17-16-22(20-12-6-2-7-13-20)29-26(23)21-14-8-3-9-15-21/h1-17,22-23H,18H2,(H,25,27). The summed E-state index contributed by atoms with van der Waals surface area (Å²) in [4.78, 5) is 18.6. The molecule has 1 aliphatic rings. The molecule has 3 aromatic carbocycles. The summed E-state index contributed by atoms with van der Waals surface area (Å²) in [5.74, 6) is 0. The third kappa shape index (κ3) is 4.83. The number of nitrogens with one attached hydrogen (secondary N) is 1. The van der Waals surface area contributed by atoms with Gasteiger partial charge in [-0.15, -0.1) is 0 Å². The predicted molar refractivity (Wildman–Crippen MR) is 112 cm³/mol. The Morgan fingerprint density at radius 1 is 0.862 bits per heavy atom. The molecule has 0 aliphatic carbocycles. The molecule has 146 valence electrons. The Hall–Kier alpha value is -3.57. The molecule has 0 aromatic heterocycles. The zero-order valence-electron chi connectivity index (χ0n) is 15.8. The molecular weight excluding hydrogens is 364 g/mol. The molecule has 0 fully saturated rings. The van der Waals surface area contributed by atoms with Crippen LogP contribution in [0.3, 0.4) is 0 Å². The molecule has 29 heavy (non-hydrogen) atoms. The number of amides is 1. The third-order valence-electron chi connectivity index (χ3n) is 4.57. The highest BCUT2D eigenvalue weighted by Crippen LogP contribution is 2.29. The van der Waals surface area contributed by atoms with E-state index < -0.39 is 12.3 Å². The summed E-state index contributed by atoms with van der Waals surface area (Å²) in [5, 5.41) is 4.56. The molecule has 2 atom stereocenters. The van der Waals surface area contributed by atoms with E-state index in [-0.39, 0.29) is 12.7 Å². The highest BCUT2D eigenvalue weighted by atomic mass is 16.7. The molecule has 1 N–H and O–H groups in total. The second kappa shape index (κ2) is 9.08. The van der Waals surface area contributed by atoms with Crippen LogP contribution in [-0.4, -0.2) is 12.3 Å². The fourth-order valence-corrected chi connectivity index (χ4v) is 3.11. The minimum atomic E-state index is -0.508. The lowest BCUT2D eigenvalue weighted by molar-refractivity contribution is 0.0326. The fourth-order valence-electron chi connectivity index (χ4n) is 3.11. The maximum Gasteiger partial charge on any atom is 0.409 e. The number of hydrogen-bond acceptors (Lipinski definition) is 4. The molecule has 0 saturated heterocycles. The van der Waals surface area contributed by atoms with Crippen LogP contribution in [0.4, 0.5) is 10.5 Å². The van der Waals surface area contributed by atoms with Crippen molar-refractivity contribution in [2.24, 2.45) is 0 Å². The van der Waals surface area contributed by atoms with Crippen LogP contribution in [0.25, 0.3) is 0 Å². The van der Waals surface area contributed by atoms with E-state index in [1.807, 2.05) is 103 Å². The first-order valence-electron chi connectivity index (χ1n) is 9.51. The normalized spacial score (nSPS) is 18.3. The molecule has 0 saturated carbocycles. The molecule has 2 unspecified atom stereocenters. The Balaban J connectivity index is 1.48. The van der Waals surface area contributed by atoms with Crippen LogP contribution in [0.2, 0.25) is 0 Å². The van der Waals surface area contributed by atoms with Gasteiger partial charge in [0.25, 0.3) is 0 Å². The Morgan fingerprint density at radius 2 is 1.48 bits per heavy atom. The Bertz CT molecular complexity index is 946. The van der Waals surface area contributed by atoms with Crippen LogP contribution >= 0.6 is 0 Å². The molecule has 0 spiro atoms. The van der Waals surface area contributed by atoms with E-state index in [0.29, 0.717) is 0 Å². The van der Waals surface area contributed by atoms with Gasteiger partial charge >= 0.3 is 6.09 Å². The molecule has 3 aromatic rings. The number of anilines is 1. The SMILES string of the molecule is O=C(NC1C=CC(c2ccccc2)ON1c1ccccc1)OCc1ccccc1. The van der Waals surface area contributed by atoms with Crippen LogP contribution in [0.5, 0.6) is 0 Å². The number of ether oxygens (including phenoxy) is 1. The average Bonchev–Trinajstić information content (AvgIpc) is 2.80. The minimum absolute atomic E-state index is 0.210. The quantitative estimate of drug-likeness (QED) is 0.628. The molecule has 1 heterocycles. The van der Waals surface area contributed by atoms with Gasteiger partial charge in [-0.1, -0.05) is 78.9 Å². The molecule has 0 radical (unpaired) electrons.